The number of hydrogen-bond donors (Lipinski definition) is 1. The van der Waals surface area contributed by atoms with Crippen LogP contribution in [0.25, 0.3) is 11.3 Å². The van der Waals surface area contributed by atoms with E-state index >= 15 is 0 Å². The van der Waals surface area contributed by atoms with Crippen LogP contribution in [0.15, 0.2) is 18.2 Å². The summed E-state index contributed by atoms with van der Waals surface area (Å²) < 4.78 is 2.24. The normalized spacial score (nSPS) is 15.5. The first kappa shape index (κ1) is 14.2. The predicted molar refractivity (Wildman–Crippen MR) is 88.5 cm³/mol. The second-order valence-corrected chi connectivity index (χ2v) is 7.30. The molecule has 1 saturated carbocycles. The highest BCUT2D eigenvalue weighted by Crippen LogP contribution is 2.44. The van der Waals surface area contributed by atoms with Crippen molar-refractivity contribution in [1.29, 1.82) is 0 Å². The molecule has 3 nitrogen and oxygen atoms in total. The van der Waals surface area contributed by atoms with Gasteiger partial charge < -0.3 is 10.3 Å². The first-order chi connectivity index (χ1) is 9.79. The van der Waals surface area contributed by atoms with Gasteiger partial charge in [0, 0.05) is 17.0 Å². The minimum absolute atomic E-state index is 0.0367. The number of aryl methyl sites for hydroxylation is 2. The topological polar surface area (TPSA) is 43.8 Å². The van der Waals surface area contributed by atoms with E-state index < -0.39 is 0 Å². The Hall–Kier alpha value is -1.77. The van der Waals surface area contributed by atoms with Gasteiger partial charge in [-0.25, -0.2) is 4.98 Å². The first-order valence-electron chi connectivity index (χ1n) is 7.75. The van der Waals surface area contributed by atoms with Gasteiger partial charge in [-0.15, -0.1) is 0 Å². The summed E-state index contributed by atoms with van der Waals surface area (Å²) in [5.41, 5.74) is 11.1. The quantitative estimate of drug-likeness (QED) is 0.888. The van der Waals surface area contributed by atoms with E-state index in [1.54, 1.807) is 0 Å². The zero-order valence-electron chi connectivity index (χ0n) is 13.7. The fraction of sp³-hybridized carbons (Fsp3) is 0.500. The van der Waals surface area contributed by atoms with Crippen LogP contribution in [-0.2, 0) is 5.54 Å². The maximum atomic E-state index is 6.51. The van der Waals surface area contributed by atoms with E-state index in [1.165, 1.54) is 24.0 Å². The van der Waals surface area contributed by atoms with Gasteiger partial charge in [-0.2, -0.15) is 0 Å². The third-order valence-electron chi connectivity index (χ3n) is 4.20. The number of nitrogen functional groups attached to an aromatic ring is 1. The van der Waals surface area contributed by atoms with Crippen LogP contribution in [0.4, 0.5) is 5.82 Å². The van der Waals surface area contributed by atoms with E-state index in [-0.39, 0.29) is 5.54 Å². The molecule has 0 spiro atoms. The maximum absolute atomic E-state index is 6.51. The number of imidazole rings is 1. The summed E-state index contributed by atoms with van der Waals surface area (Å²) in [7, 11) is 0. The molecule has 0 atom stereocenters. The zero-order valence-corrected chi connectivity index (χ0v) is 13.7. The molecule has 0 bridgehead atoms. The molecule has 1 heterocycles. The minimum Gasteiger partial charge on any atom is -0.383 e. The third-order valence-corrected chi connectivity index (χ3v) is 4.20. The molecule has 0 amide bonds. The van der Waals surface area contributed by atoms with Crippen molar-refractivity contribution in [3.05, 3.63) is 35.2 Å². The molecule has 2 N–H and O–H groups in total. The second-order valence-electron chi connectivity index (χ2n) is 7.30. The smallest absolute Gasteiger partial charge is 0.132 e. The number of aromatic nitrogens is 2. The summed E-state index contributed by atoms with van der Waals surface area (Å²) in [5, 5.41) is 0. The first-order valence-corrected chi connectivity index (χ1v) is 7.75. The number of anilines is 1. The SMILES string of the molecule is Cc1ccc(C)c(-c2nc(C3CC3)n(C(C)(C)C)c2N)c1. The molecule has 2 aromatic rings. The van der Waals surface area contributed by atoms with Gasteiger partial charge >= 0.3 is 0 Å². The van der Waals surface area contributed by atoms with E-state index in [4.69, 9.17) is 10.7 Å². The monoisotopic (exact) mass is 283 g/mol. The molecule has 0 unspecified atom stereocenters. The van der Waals surface area contributed by atoms with E-state index in [1.807, 2.05) is 0 Å². The lowest BCUT2D eigenvalue weighted by molar-refractivity contribution is 0.388. The molecule has 0 aliphatic heterocycles. The van der Waals surface area contributed by atoms with Gasteiger partial charge in [0.1, 0.15) is 17.3 Å². The Morgan fingerprint density at radius 3 is 2.43 bits per heavy atom. The molecular formula is C18H25N3. The van der Waals surface area contributed by atoms with E-state index in [0.717, 1.165) is 22.9 Å². The Morgan fingerprint density at radius 2 is 1.86 bits per heavy atom. The van der Waals surface area contributed by atoms with Crippen molar-refractivity contribution in [3.63, 3.8) is 0 Å². The van der Waals surface area contributed by atoms with Gasteiger partial charge in [0.25, 0.3) is 0 Å². The van der Waals surface area contributed by atoms with Gasteiger partial charge in [-0.3, -0.25) is 0 Å². The Morgan fingerprint density at radius 1 is 1.19 bits per heavy atom. The van der Waals surface area contributed by atoms with Crippen LogP contribution in [0.2, 0.25) is 0 Å². The summed E-state index contributed by atoms with van der Waals surface area (Å²) in [6, 6.07) is 6.48. The standard InChI is InChI=1S/C18H25N3/c1-11-6-7-12(2)14(10-11)15-16(19)21(18(3,4)5)17(20-15)13-8-9-13/h6-7,10,13H,8-9,19H2,1-5H3. The lowest BCUT2D eigenvalue weighted by atomic mass is 10.0. The number of nitrogens with zero attached hydrogens (tertiary/aromatic N) is 2. The van der Waals surface area contributed by atoms with E-state index in [2.05, 4.69) is 57.4 Å². The molecule has 0 saturated heterocycles. The van der Waals surface area contributed by atoms with Crippen molar-refractivity contribution in [2.24, 2.45) is 0 Å². The Balaban J connectivity index is 2.22. The number of rotatable bonds is 2. The summed E-state index contributed by atoms with van der Waals surface area (Å²) in [4.78, 5) is 4.95. The predicted octanol–water partition coefficient (Wildman–Crippen LogP) is 4.38. The largest absolute Gasteiger partial charge is 0.383 e. The van der Waals surface area contributed by atoms with Crippen LogP contribution < -0.4 is 5.73 Å². The van der Waals surface area contributed by atoms with Crippen LogP contribution in [0.1, 0.15) is 56.5 Å². The van der Waals surface area contributed by atoms with Crippen molar-refractivity contribution >= 4 is 5.82 Å². The average Bonchev–Trinajstić information content (AvgIpc) is 3.15. The highest BCUT2D eigenvalue weighted by molar-refractivity contribution is 5.74. The fourth-order valence-electron chi connectivity index (χ4n) is 2.96. The Kier molecular flexibility index (Phi) is 3.12. The molecule has 3 rings (SSSR count). The summed E-state index contributed by atoms with van der Waals surface area (Å²) in [6.07, 6.45) is 2.47. The second kappa shape index (κ2) is 4.62. The molecule has 112 valence electrons. The third kappa shape index (κ3) is 2.45. The number of hydrogen-bond acceptors (Lipinski definition) is 2. The molecule has 1 aliphatic rings. The highest BCUT2D eigenvalue weighted by atomic mass is 15.2. The zero-order chi connectivity index (χ0) is 15.4. The Labute approximate surface area is 127 Å². The van der Waals surface area contributed by atoms with Crippen molar-refractivity contribution in [2.75, 3.05) is 5.73 Å². The van der Waals surface area contributed by atoms with Gasteiger partial charge in [0.05, 0.1) is 0 Å². The van der Waals surface area contributed by atoms with Crippen molar-refractivity contribution in [3.8, 4) is 11.3 Å². The Bertz CT molecular complexity index is 685. The summed E-state index contributed by atoms with van der Waals surface area (Å²) >= 11 is 0. The van der Waals surface area contributed by atoms with Gasteiger partial charge in [0.2, 0.25) is 0 Å². The van der Waals surface area contributed by atoms with Crippen molar-refractivity contribution < 1.29 is 0 Å². The lowest BCUT2D eigenvalue weighted by Gasteiger charge is -2.25. The summed E-state index contributed by atoms with van der Waals surface area (Å²) in [6.45, 7) is 10.8. The molecule has 3 heteroatoms. The number of benzene rings is 1. The summed E-state index contributed by atoms with van der Waals surface area (Å²) in [5.74, 6) is 2.55. The molecule has 1 fully saturated rings. The minimum atomic E-state index is -0.0367. The van der Waals surface area contributed by atoms with Crippen molar-refractivity contribution in [1.82, 2.24) is 9.55 Å². The van der Waals surface area contributed by atoms with Gasteiger partial charge in [0.15, 0.2) is 0 Å². The van der Waals surface area contributed by atoms with Crippen LogP contribution >= 0.6 is 0 Å². The van der Waals surface area contributed by atoms with Crippen LogP contribution in [0.5, 0.6) is 0 Å². The van der Waals surface area contributed by atoms with E-state index in [9.17, 15) is 0 Å². The van der Waals surface area contributed by atoms with Crippen LogP contribution in [-0.4, -0.2) is 9.55 Å². The molecule has 21 heavy (non-hydrogen) atoms. The van der Waals surface area contributed by atoms with Gasteiger partial charge in [-0.05, 0) is 59.1 Å². The van der Waals surface area contributed by atoms with E-state index in [0.29, 0.717) is 5.92 Å². The molecule has 0 radical (unpaired) electrons. The fourth-order valence-corrected chi connectivity index (χ4v) is 2.96. The van der Waals surface area contributed by atoms with Crippen LogP contribution in [0.3, 0.4) is 0 Å². The lowest BCUT2D eigenvalue weighted by Crippen LogP contribution is -2.25. The molecule has 1 aliphatic carbocycles. The molecule has 1 aromatic carbocycles. The average molecular weight is 283 g/mol. The maximum Gasteiger partial charge on any atom is 0.132 e. The van der Waals surface area contributed by atoms with Crippen molar-refractivity contribution in [2.45, 2.75) is 58.9 Å². The number of nitrogens with two attached hydrogens (primary N) is 1. The van der Waals surface area contributed by atoms with Gasteiger partial charge in [-0.1, -0.05) is 17.7 Å². The van der Waals surface area contributed by atoms with Crippen LogP contribution in [0, 0.1) is 13.8 Å². The molecular weight excluding hydrogens is 258 g/mol. The highest BCUT2D eigenvalue weighted by Gasteiger charge is 2.34. The molecule has 1 aromatic heterocycles.